The molecular weight excluding hydrogens is 457 g/mol. The summed E-state index contributed by atoms with van der Waals surface area (Å²) in [6, 6.07) is 11.6. The first-order chi connectivity index (χ1) is 16.8. The van der Waals surface area contributed by atoms with Gasteiger partial charge in [-0.25, -0.2) is 0 Å². The molecule has 2 amide bonds. The van der Waals surface area contributed by atoms with E-state index >= 15 is 0 Å². The molecule has 4 rings (SSSR count). The van der Waals surface area contributed by atoms with Crippen LogP contribution in [0.3, 0.4) is 0 Å². The Bertz CT molecular complexity index is 1030. The maximum absolute atomic E-state index is 13.9. The summed E-state index contributed by atoms with van der Waals surface area (Å²) < 4.78 is 41.8. The molecule has 2 fully saturated rings. The summed E-state index contributed by atoms with van der Waals surface area (Å²) in [5.41, 5.74) is 1.49. The van der Waals surface area contributed by atoms with Crippen molar-refractivity contribution in [2.45, 2.75) is 51.2 Å². The van der Waals surface area contributed by atoms with Gasteiger partial charge in [0.15, 0.2) is 0 Å². The number of benzene rings is 2. The first-order valence-corrected chi connectivity index (χ1v) is 12.2. The minimum absolute atomic E-state index is 0.121. The summed E-state index contributed by atoms with van der Waals surface area (Å²) in [7, 11) is 0. The van der Waals surface area contributed by atoms with Crippen molar-refractivity contribution in [3.63, 3.8) is 0 Å². The first-order valence-electron chi connectivity index (χ1n) is 12.2. The Kier molecular flexibility index (Phi) is 7.83. The van der Waals surface area contributed by atoms with Crippen molar-refractivity contribution in [2.75, 3.05) is 29.9 Å². The van der Waals surface area contributed by atoms with E-state index in [0.717, 1.165) is 37.7 Å². The highest BCUT2D eigenvalue weighted by atomic mass is 19.4. The van der Waals surface area contributed by atoms with Crippen LogP contribution in [0.4, 0.5) is 30.2 Å². The minimum Gasteiger partial charge on any atom is -0.371 e. The number of amides is 2. The van der Waals surface area contributed by atoms with Crippen LogP contribution in [0.2, 0.25) is 0 Å². The van der Waals surface area contributed by atoms with Gasteiger partial charge in [0.25, 0.3) is 0 Å². The van der Waals surface area contributed by atoms with Crippen molar-refractivity contribution in [1.82, 2.24) is 10.6 Å². The van der Waals surface area contributed by atoms with E-state index in [4.69, 9.17) is 0 Å². The van der Waals surface area contributed by atoms with E-state index in [1.165, 1.54) is 6.07 Å². The zero-order valence-corrected chi connectivity index (χ0v) is 19.6. The van der Waals surface area contributed by atoms with Crippen LogP contribution in [0.15, 0.2) is 42.5 Å². The van der Waals surface area contributed by atoms with Gasteiger partial charge in [-0.2, -0.15) is 13.2 Å². The zero-order valence-electron chi connectivity index (χ0n) is 19.6. The molecule has 0 aliphatic carbocycles. The SMILES string of the molecule is O=C1CC(C(=O)NCc2ccc(Nc3ccc(N4CCCCCCC4)c(C(F)(F)F)c3)cc2)CN1. The molecule has 2 aromatic carbocycles. The monoisotopic (exact) mass is 488 g/mol. The van der Waals surface area contributed by atoms with Gasteiger partial charge in [-0.1, -0.05) is 31.4 Å². The molecule has 0 spiro atoms. The van der Waals surface area contributed by atoms with Gasteiger partial charge < -0.3 is 20.9 Å². The molecule has 1 atom stereocenters. The number of carbonyl (C=O) groups excluding carboxylic acids is 2. The molecule has 0 bridgehead atoms. The van der Waals surface area contributed by atoms with Crippen molar-refractivity contribution < 1.29 is 22.8 Å². The van der Waals surface area contributed by atoms with Gasteiger partial charge in [-0.15, -0.1) is 0 Å². The second-order valence-corrected chi connectivity index (χ2v) is 9.23. The summed E-state index contributed by atoms with van der Waals surface area (Å²) in [4.78, 5) is 25.3. The fourth-order valence-electron chi connectivity index (χ4n) is 4.60. The summed E-state index contributed by atoms with van der Waals surface area (Å²) >= 11 is 0. The topological polar surface area (TPSA) is 73.5 Å². The lowest BCUT2D eigenvalue weighted by Gasteiger charge is -2.29. The third kappa shape index (κ3) is 6.68. The smallest absolute Gasteiger partial charge is 0.371 e. The molecule has 2 aliphatic heterocycles. The van der Waals surface area contributed by atoms with Gasteiger partial charge >= 0.3 is 6.18 Å². The molecule has 6 nitrogen and oxygen atoms in total. The van der Waals surface area contributed by atoms with Gasteiger partial charge in [-0.05, 0) is 48.7 Å². The van der Waals surface area contributed by atoms with Crippen LogP contribution in [0, 0.1) is 5.92 Å². The van der Waals surface area contributed by atoms with Crippen LogP contribution >= 0.6 is 0 Å². The largest absolute Gasteiger partial charge is 0.418 e. The summed E-state index contributed by atoms with van der Waals surface area (Å²) in [5.74, 6) is -0.650. The quantitative estimate of drug-likeness (QED) is 0.537. The average molecular weight is 489 g/mol. The average Bonchev–Trinajstić information content (AvgIpc) is 3.24. The molecular formula is C26H31F3N4O2. The molecule has 3 N–H and O–H groups in total. The Balaban J connectivity index is 1.41. The van der Waals surface area contributed by atoms with E-state index in [-0.39, 0.29) is 29.8 Å². The van der Waals surface area contributed by atoms with Crippen LogP contribution in [0.5, 0.6) is 0 Å². The molecule has 2 saturated heterocycles. The summed E-state index contributed by atoms with van der Waals surface area (Å²) in [5, 5.41) is 8.52. The number of alkyl halides is 3. The minimum atomic E-state index is -4.45. The molecule has 2 aliphatic rings. The van der Waals surface area contributed by atoms with Crippen molar-refractivity contribution in [2.24, 2.45) is 5.92 Å². The lowest BCUT2D eigenvalue weighted by molar-refractivity contribution is -0.137. The Hall–Kier alpha value is -3.23. The standard InChI is InChI=1S/C26H31F3N4O2/c27-26(28,29)22-15-21(10-11-23(22)33-12-4-2-1-3-5-13-33)32-20-8-6-18(7-9-20)16-31-25(35)19-14-24(34)30-17-19/h6-11,15,19,32H,1-5,12-14,16-17H2,(H,30,34)(H,31,35). The fourth-order valence-corrected chi connectivity index (χ4v) is 4.60. The Morgan fingerprint density at radius 2 is 1.63 bits per heavy atom. The van der Waals surface area contributed by atoms with Crippen LogP contribution in [-0.4, -0.2) is 31.4 Å². The maximum Gasteiger partial charge on any atom is 0.418 e. The molecule has 1 unspecified atom stereocenters. The number of hydrogen-bond acceptors (Lipinski definition) is 4. The van der Waals surface area contributed by atoms with E-state index in [0.29, 0.717) is 37.6 Å². The zero-order chi connectivity index (χ0) is 24.8. The Morgan fingerprint density at radius 3 is 2.26 bits per heavy atom. The summed E-state index contributed by atoms with van der Waals surface area (Å²) in [6.45, 7) is 1.94. The fraction of sp³-hybridized carbons (Fsp3) is 0.462. The number of halogens is 3. The molecule has 0 saturated carbocycles. The van der Waals surface area contributed by atoms with Gasteiger partial charge in [0.2, 0.25) is 11.8 Å². The van der Waals surface area contributed by atoms with Gasteiger partial charge in [-0.3, -0.25) is 9.59 Å². The number of hydrogen-bond donors (Lipinski definition) is 3. The normalized spacial score (nSPS) is 19.0. The molecule has 0 aromatic heterocycles. The van der Waals surface area contributed by atoms with Crippen molar-refractivity contribution in [1.29, 1.82) is 0 Å². The van der Waals surface area contributed by atoms with Crippen LogP contribution < -0.4 is 20.9 Å². The van der Waals surface area contributed by atoms with Crippen LogP contribution in [0.25, 0.3) is 0 Å². The highest BCUT2D eigenvalue weighted by Crippen LogP contribution is 2.39. The number of rotatable bonds is 6. The Morgan fingerprint density at radius 1 is 0.971 bits per heavy atom. The van der Waals surface area contributed by atoms with Crippen LogP contribution in [-0.2, 0) is 22.3 Å². The van der Waals surface area contributed by atoms with Gasteiger partial charge in [0, 0.05) is 49.7 Å². The molecule has 0 radical (unpaired) electrons. The predicted molar refractivity (Wildman–Crippen MR) is 129 cm³/mol. The summed E-state index contributed by atoms with van der Waals surface area (Å²) in [6.07, 6.45) is 0.803. The van der Waals surface area contributed by atoms with Crippen molar-refractivity contribution in [3.05, 3.63) is 53.6 Å². The number of nitrogens with one attached hydrogen (secondary N) is 3. The molecule has 35 heavy (non-hydrogen) atoms. The van der Waals surface area contributed by atoms with E-state index in [2.05, 4.69) is 16.0 Å². The molecule has 2 aromatic rings. The maximum atomic E-state index is 13.9. The van der Waals surface area contributed by atoms with E-state index in [1.807, 2.05) is 4.90 Å². The predicted octanol–water partition coefficient (Wildman–Crippen LogP) is 4.97. The third-order valence-electron chi connectivity index (χ3n) is 6.56. The second-order valence-electron chi connectivity index (χ2n) is 9.23. The molecule has 188 valence electrons. The third-order valence-corrected chi connectivity index (χ3v) is 6.56. The number of carbonyl (C=O) groups is 2. The molecule has 9 heteroatoms. The number of nitrogens with zero attached hydrogens (tertiary/aromatic N) is 1. The lowest BCUT2D eigenvalue weighted by Crippen LogP contribution is -2.31. The number of anilines is 3. The van der Waals surface area contributed by atoms with Gasteiger partial charge in [0.05, 0.1) is 11.5 Å². The van der Waals surface area contributed by atoms with E-state index in [9.17, 15) is 22.8 Å². The van der Waals surface area contributed by atoms with E-state index < -0.39 is 11.7 Å². The van der Waals surface area contributed by atoms with Gasteiger partial charge in [0.1, 0.15) is 0 Å². The highest BCUT2D eigenvalue weighted by Gasteiger charge is 2.35. The molecule has 2 heterocycles. The highest BCUT2D eigenvalue weighted by molar-refractivity contribution is 5.89. The second kappa shape index (κ2) is 11.0. The van der Waals surface area contributed by atoms with Crippen molar-refractivity contribution >= 4 is 28.9 Å². The van der Waals surface area contributed by atoms with Crippen molar-refractivity contribution in [3.8, 4) is 0 Å². The van der Waals surface area contributed by atoms with E-state index in [1.54, 1.807) is 36.4 Å². The van der Waals surface area contributed by atoms with Crippen LogP contribution in [0.1, 0.15) is 49.7 Å². The Labute approximate surface area is 203 Å². The lowest BCUT2D eigenvalue weighted by atomic mass is 10.1. The first kappa shape index (κ1) is 24.9.